The van der Waals surface area contributed by atoms with Crippen molar-refractivity contribution in [3.63, 3.8) is 0 Å². The van der Waals surface area contributed by atoms with E-state index in [-0.39, 0.29) is 24.2 Å². The van der Waals surface area contributed by atoms with Gasteiger partial charge >= 0.3 is 6.03 Å². The Bertz CT molecular complexity index is 1870. The number of aromatic nitrogens is 1. The average Bonchev–Trinajstić information content (AvgIpc) is 3.53. The fourth-order valence-electron chi connectivity index (χ4n) is 6.09. The number of fused-ring (bicyclic) bond motifs is 4. The van der Waals surface area contributed by atoms with Crippen LogP contribution >= 0.6 is 0 Å². The SMILES string of the molecule is COc1ccc(C2c3[nH]c4ccccc4c3C[C@H]3C(=O)N(c4ccc(C(=O)NCc5ccc(F)cc5)cc4)C(=O)N23)cc1. The summed E-state index contributed by atoms with van der Waals surface area (Å²) in [5, 5.41) is 3.84. The summed E-state index contributed by atoms with van der Waals surface area (Å²) in [7, 11) is 1.60. The molecule has 8 nitrogen and oxygen atoms in total. The third-order valence-electron chi connectivity index (χ3n) is 8.23. The van der Waals surface area contributed by atoms with Gasteiger partial charge < -0.3 is 15.0 Å². The van der Waals surface area contributed by atoms with Crippen LogP contribution in [0.25, 0.3) is 10.9 Å². The maximum atomic E-state index is 14.1. The molecule has 2 atom stereocenters. The maximum absolute atomic E-state index is 14.1. The Kier molecular flexibility index (Phi) is 6.42. The predicted octanol–water partition coefficient (Wildman–Crippen LogP) is 5.73. The van der Waals surface area contributed by atoms with Gasteiger partial charge in [-0.15, -0.1) is 0 Å². The van der Waals surface area contributed by atoms with Gasteiger partial charge in [0.25, 0.3) is 11.8 Å². The molecule has 4 aromatic carbocycles. The highest BCUT2D eigenvalue weighted by atomic mass is 19.1. The number of carbonyl (C=O) groups excluding carboxylic acids is 3. The van der Waals surface area contributed by atoms with E-state index in [4.69, 9.17) is 4.74 Å². The minimum absolute atomic E-state index is 0.238. The van der Waals surface area contributed by atoms with E-state index < -0.39 is 18.1 Å². The van der Waals surface area contributed by atoms with E-state index in [2.05, 4.69) is 10.3 Å². The fraction of sp³-hybridized carbons (Fsp3) is 0.147. The van der Waals surface area contributed by atoms with E-state index in [9.17, 15) is 18.8 Å². The average molecular weight is 575 g/mol. The highest BCUT2D eigenvalue weighted by Crippen LogP contribution is 2.45. The number of methoxy groups -OCH3 is 1. The van der Waals surface area contributed by atoms with Gasteiger partial charge in [-0.05, 0) is 71.3 Å². The molecule has 0 radical (unpaired) electrons. The number of para-hydroxylation sites is 1. The standard InChI is InChI=1S/C34H27FN4O4/c1-43-25-16-10-21(11-17-25)31-30-27(26-4-2-3-5-28(26)37-30)18-29-33(41)38(34(42)39(29)31)24-14-8-22(9-15-24)32(40)36-19-20-6-12-23(35)13-7-20/h2-17,29,31,37H,18-19H2,1H3,(H,36,40)/t29-,31?/m0/s1. The number of carbonyl (C=O) groups is 3. The van der Waals surface area contributed by atoms with Gasteiger partial charge in [0, 0.05) is 35.1 Å². The molecule has 0 saturated carbocycles. The molecule has 2 aliphatic heterocycles. The number of ether oxygens (including phenoxy) is 1. The van der Waals surface area contributed by atoms with Gasteiger partial charge in [0.05, 0.1) is 12.8 Å². The number of aromatic amines is 1. The van der Waals surface area contributed by atoms with Crippen molar-refractivity contribution in [3.8, 4) is 5.75 Å². The lowest BCUT2D eigenvalue weighted by Gasteiger charge is -2.36. The van der Waals surface area contributed by atoms with Crippen LogP contribution in [0.2, 0.25) is 0 Å². The van der Waals surface area contributed by atoms with Crippen LogP contribution in [0.3, 0.4) is 0 Å². The summed E-state index contributed by atoms with van der Waals surface area (Å²) in [4.78, 5) is 47.1. The molecule has 1 saturated heterocycles. The molecule has 1 unspecified atom stereocenters. The van der Waals surface area contributed by atoms with Crippen LogP contribution in [0.5, 0.6) is 5.75 Å². The Labute approximate surface area is 246 Å². The second-order valence-corrected chi connectivity index (χ2v) is 10.7. The fourth-order valence-corrected chi connectivity index (χ4v) is 6.09. The number of anilines is 1. The largest absolute Gasteiger partial charge is 0.497 e. The van der Waals surface area contributed by atoms with Crippen LogP contribution in [0.4, 0.5) is 14.9 Å². The first-order valence-electron chi connectivity index (χ1n) is 14.0. The second kappa shape index (κ2) is 10.4. The molecule has 4 amide bonds. The zero-order valence-electron chi connectivity index (χ0n) is 23.2. The lowest BCUT2D eigenvalue weighted by molar-refractivity contribution is -0.120. The van der Waals surface area contributed by atoms with Crippen molar-refractivity contribution < 1.29 is 23.5 Å². The van der Waals surface area contributed by atoms with Gasteiger partial charge in [0.2, 0.25) is 0 Å². The van der Waals surface area contributed by atoms with E-state index in [0.29, 0.717) is 23.4 Å². The zero-order valence-corrected chi connectivity index (χ0v) is 23.2. The van der Waals surface area contributed by atoms with E-state index >= 15 is 0 Å². The molecule has 2 aliphatic rings. The number of H-pyrrole nitrogens is 1. The molecule has 9 heteroatoms. The molecule has 1 aromatic heterocycles. The van der Waals surface area contributed by atoms with Gasteiger partial charge in [-0.3, -0.25) is 14.5 Å². The second-order valence-electron chi connectivity index (χ2n) is 10.7. The third-order valence-corrected chi connectivity index (χ3v) is 8.23. The summed E-state index contributed by atoms with van der Waals surface area (Å²) >= 11 is 0. The topological polar surface area (TPSA) is 94.7 Å². The Balaban J connectivity index is 1.19. The molecule has 214 valence electrons. The van der Waals surface area contributed by atoms with E-state index in [0.717, 1.165) is 33.3 Å². The number of nitrogens with zero attached hydrogens (tertiary/aromatic N) is 2. The Morgan fingerprint density at radius 3 is 2.40 bits per heavy atom. The summed E-state index contributed by atoms with van der Waals surface area (Å²) in [6.07, 6.45) is 0.386. The minimum atomic E-state index is -0.690. The minimum Gasteiger partial charge on any atom is -0.497 e. The first-order valence-corrected chi connectivity index (χ1v) is 14.0. The number of halogens is 1. The maximum Gasteiger partial charge on any atom is 0.332 e. The van der Waals surface area contributed by atoms with Gasteiger partial charge in [-0.25, -0.2) is 14.1 Å². The first kappa shape index (κ1) is 26.5. The quantitative estimate of drug-likeness (QED) is 0.253. The van der Waals surface area contributed by atoms with Crippen molar-refractivity contribution in [1.82, 2.24) is 15.2 Å². The molecule has 5 aromatic rings. The number of urea groups is 1. The molecule has 0 aliphatic carbocycles. The highest BCUT2D eigenvalue weighted by Gasteiger charge is 2.53. The Hall–Kier alpha value is -5.44. The number of imide groups is 1. The monoisotopic (exact) mass is 574 g/mol. The molecule has 0 spiro atoms. The summed E-state index contributed by atoms with van der Waals surface area (Å²) in [6.45, 7) is 0.238. The molecule has 0 bridgehead atoms. The zero-order chi connectivity index (χ0) is 29.7. The number of rotatable bonds is 6. The van der Waals surface area contributed by atoms with E-state index in [1.165, 1.54) is 17.0 Å². The van der Waals surface area contributed by atoms with Gasteiger partial charge in [0.15, 0.2) is 0 Å². The highest BCUT2D eigenvalue weighted by molar-refractivity contribution is 6.22. The Morgan fingerprint density at radius 2 is 1.67 bits per heavy atom. The van der Waals surface area contributed by atoms with Crippen LogP contribution in [0, 0.1) is 5.82 Å². The van der Waals surface area contributed by atoms with Gasteiger partial charge in [-0.1, -0.05) is 42.5 Å². The normalized spacial score (nSPS) is 17.6. The molecular weight excluding hydrogens is 547 g/mol. The lowest BCUT2D eigenvalue weighted by Crippen LogP contribution is -2.44. The summed E-state index contributed by atoms with van der Waals surface area (Å²) in [6, 6.07) is 26.2. The number of hydrogen-bond acceptors (Lipinski definition) is 4. The molecular formula is C34H27FN4O4. The van der Waals surface area contributed by atoms with Crippen LogP contribution in [0.15, 0.2) is 97.1 Å². The number of benzene rings is 4. The molecule has 3 heterocycles. The molecule has 1 fully saturated rings. The van der Waals surface area contributed by atoms with E-state index in [1.54, 1.807) is 48.4 Å². The van der Waals surface area contributed by atoms with Crippen molar-refractivity contribution in [3.05, 3.63) is 131 Å². The number of nitrogens with one attached hydrogen (secondary N) is 2. The summed E-state index contributed by atoms with van der Waals surface area (Å²) in [5.41, 5.74) is 5.25. The molecule has 43 heavy (non-hydrogen) atoms. The third kappa shape index (κ3) is 4.50. The van der Waals surface area contributed by atoms with E-state index in [1.807, 2.05) is 48.5 Å². The predicted molar refractivity (Wildman–Crippen MR) is 159 cm³/mol. The van der Waals surface area contributed by atoms with Crippen molar-refractivity contribution in [2.45, 2.75) is 25.0 Å². The van der Waals surface area contributed by atoms with Crippen molar-refractivity contribution in [1.29, 1.82) is 0 Å². The molecule has 2 N–H and O–H groups in total. The summed E-state index contributed by atoms with van der Waals surface area (Å²) < 4.78 is 18.5. The van der Waals surface area contributed by atoms with Crippen molar-refractivity contribution in [2.24, 2.45) is 0 Å². The van der Waals surface area contributed by atoms with Crippen molar-refractivity contribution in [2.75, 3.05) is 12.0 Å². The van der Waals surface area contributed by atoms with Crippen LogP contribution in [-0.4, -0.2) is 40.9 Å². The number of amides is 4. The van der Waals surface area contributed by atoms with Gasteiger partial charge in [0.1, 0.15) is 23.7 Å². The van der Waals surface area contributed by atoms with Crippen LogP contribution < -0.4 is 15.0 Å². The molecule has 7 rings (SSSR count). The summed E-state index contributed by atoms with van der Waals surface area (Å²) in [5.74, 6) is -0.282. The van der Waals surface area contributed by atoms with Gasteiger partial charge in [-0.2, -0.15) is 0 Å². The smallest absolute Gasteiger partial charge is 0.332 e. The Morgan fingerprint density at radius 1 is 0.953 bits per heavy atom. The lowest BCUT2D eigenvalue weighted by atomic mass is 9.89. The number of hydrogen-bond donors (Lipinski definition) is 2. The van der Waals surface area contributed by atoms with Crippen LogP contribution in [0.1, 0.15) is 38.8 Å². The van der Waals surface area contributed by atoms with Crippen LogP contribution in [-0.2, 0) is 17.8 Å². The first-order chi connectivity index (χ1) is 20.9. The van der Waals surface area contributed by atoms with Crippen molar-refractivity contribution >= 4 is 34.4 Å².